The lowest BCUT2D eigenvalue weighted by atomic mass is 9.88. The molecule has 0 spiro atoms. The normalized spacial score (nSPS) is 19.0. The van der Waals surface area contributed by atoms with Crippen LogP contribution in [-0.2, 0) is 22.4 Å². The Morgan fingerprint density at radius 3 is 2.31 bits per heavy atom. The van der Waals surface area contributed by atoms with E-state index in [0.717, 1.165) is 36.8 Å². The maximum absolute atomic E-state index is 13.4. The van der Waals surface area contributed by atoms with Gasteiger partial charge in [-0.3, -0.25) is 14.5 Å². The van der Waals surface area contributed by atoms with Crippen molar-refractivity contribution in [1.82, 2.24) is 0 Å². The lowest BCUT2D eigenvalue weighted by Gasteiger charge is -2.26. The van der Waals surface area contributed by atoms with Crippen LogP contribution in [-0.4, -0.2) is 23.4 Å². The predicted molar refractivity (Wildman–Crippen MR) is 137 cm³/mol. The van der Waals surface area contributed by atoms with Crippen LogP contribution in [0.3, 0.4) is 0 Å². The van der Waals surface area contributed by atoms with Gasteiger partial charge in [-0.1, -0.05) is 42.0 Å². The quantitative estimate of drug-likeness (QED) is 0.288. The molecule has 3 aromatic rings. The molecule has 1 aliphatic heterocycles. The average Bonchev–Trinajstić information content (AvgIpc) is 3.14. The molecule has 0 radical (unpaired) electrons. The zero-order valence-corrected chi connectivity index (χ0v) is 20.1. The van der Waals surface area contributed by atoms with Crippen molar-refractivity contribution in [2.45, 2.75) is 45.6 Å². The van der Waals surface area contributed by atoms with Crippen LogP contribution in [0.2, 0.25) is 0 Å². The monoisotopic (exact) mass is 467 g/mol. The molecule has 35 heavy (non-hydrogen) atoms. The molecule has 178 valence electrons. The van der Waals surface area contributed by atoms with Crippen LogP contribution in [0.25, 0.3) is 5.76 Å². The fraction of sp³-hybridized carbons (Fsp3) is 0.267. The Labute approximate surface area is 205 Å². The van der Waals surface area contributed by atoms with Gasteiger partial charge in [-0.15, -0.1) is 0 Å². The standard InChI is InChI=1S/C30H29NO4/c1-3-35-25-16-12-21(13-17-25)27-26(28(32)23-11-10-20-6-4-5-7-22(20)18-23)29(33)30(34)31(27)24-14-8-19(2)9-15-24/h8-18,27,32H,3-7H2,1-2H3/b28-26-. The van der Waals surface area contributed by atoms with Crippen molar-refractivity contribution in [2.24, 2.45) is 0 Å². The van der Waals surface area contributed by atoms with Gasteiger partial charge in [0.15, 0.2) is 0 Å². The van der Waals surface area contributed by atoms with E-state index in [1.165, 1.54) is 16.0 Å². The molecule has 1 saturated heterocycles. The molecule has 1 N–H and O–H groups in total. The van der Waals surface area contributed by atoms with Gasteiger partial charge < -0.3 is 9.84 Å². The van der Waals surface area contributed by atoms with E-state index in [1.54, 1.807) is 0 Å². The molecule has 1 fully saturated rings. The summed E-state index contributed by atoms with van der Waals surface area (Å²) in [4.78, 5) is 28.2. The molecule has 2 aliphatic rings. The van der Waals surface area contributed by atoms with Crippen molar-refractivity contribution in [3.63, 3.8) is 0 Å². The number of ketones is 1. The first-order valence-corrected chi connectivity index (χ1v) is 12.2. The van der Waals surface area contributed by atoms with Gasteiger partial charge in [0.05, 0.1) is 18.2 Å². The van der Waals surface area contributed by atoms with E-state index in [4.69, 9.17) is 4.74 Å². The van der Waals surface area contributed by atoms with Gasteiger partial charge in [0.1, 0.15) is 11.5 Å². The number of aryl methyl sites for hydroxylation is 3. The number of carbonyl (C=O) groups excluding carboxylic acids is 2. The van der Waals surface area contributed by atoms with E-state index < -0.39 is 17.7 Å². The lowest BCUT2D eigenvalue weighted by Crippen LogP contribution is -2.29. The predicted octanol–water partition coefficient (Wildman–Crippen LogP) is 5.90. The number of fused-ring (bicyclic) bond motifs is 1. The van der Waals surface area contributed by atoms with Crippen molar-refractivity contribution in [3.8, 4) is 5.75 Å². The SMILES string of the molecule is CCOc1ccc(C2/C(=C(/O)c3ccc4c(c3)CCCC4)C(=O)C(=O)N2c2ccc(C)cc2)cc1. The Morgan fingerprint density at radius 2 is 1.63 bits per heavy atom. The van der Waals surface area contributed by atoms with Crippen LogP contribution in [0.1, 0.15) is 53.6 Å². The Morgan fingerprint density at radius 1 is 0.943 bits per heavy atom. The van der Waals surface area contributed by atoms with Crippen molar-refractivity contribution in [2.75, 3.05) is 11.5 Å². The van der Waals surface area contributed by atoms with Gasteiger partial charge in [0.2, 0.25) is 0 Å². The molecule has 0 saturated carbocycles. The molecule has 3 aromatic carbocycles. The van der Waals surface area contributed by atoms with E-state index >= 15 is 0 Å². The fourth-order valence-electron chi connectivity index (χ4n) is 5.07. The Hall–Kier alpha value is -3.86. The van der Waals surface area contributed by atoms with E-state index in [1.807, 2.05) is 80.6 Å². The van der Waals surface area contributed by atoms with Crippen molar-refractivity contribution < 1.29 is 19.4 Å². The van der Waals surface area contributed by atoms with E-state index in [9.17, 15) is 14.7 Å². The highest BCUT2D eigenvalue weighted by molar-refractivity contribution is 6.51. The number of hydrogen-bond donors (Lipinski definition) is 1. The molecule has 1 atom stereocenters. The summed E-state index contributed by atoms with van der Waals surface area (Å²) < 4.78 is 5.58. The molecule has 5 heteroatoms. The molecule has 5 nitrogen and oxygen atoms in total. The summed E-state index contributed by atoms with van der Waals surface area (Å²) in [6, 6.07) is 20.0. The average molecular weight is 468 g/mol. The van der Waals surface area contributed by atoms with Crippen LogP contribution < -0.4 is 9.64 Å². The molecule has 0 aromatic heterocycles. The summed E-state index contributed by atoms with van der Waals surface area (Å²) in [6.45, 7) is 4.43. The number of anilines is 1. The highest BCUT2D eigenvalue weighted by Crippen LogP contribution is 2.42. The molecular formula is C30H29NO4. The van der Waals surface area contributed by atoms with Crippen LogP contribution >= 0.6 is 0 Å². The zero-order chi connectivity index (χ0) is 24.5. The highest BCUT2D eigenvalue weighted by Gasteiger charge is 2.47. The minimum atomic E-state index is -0.746. The number of carbonyl (C=O) groups is 2. The maximum atomic E-state index is 13.4. The summed E-state index contributed by atoms with van der Waals surface area (Å²) in [7, 11) is 0. The maximum Gasteiger partial charge on any atom is 0.300 e. The van der Waals surface area contributed by atoms with Gasteiger partial charge in [-0.05, 0) is 86.6 Å². The lowest BCUT2D eigenvalue weighted by molar-refractivity contribution is -0.132. The van der Waals surface area contributed by atoms with Crippen LogP contribution in [0.4, 0.5) is 5.69 Å². The molecule has 5 rings (SSSR count). The minimum absolute atomic E-state index is 0.107. The minimum Gasteiger partial charge on any atom is -0.507 e. The van der Waals surface area contributed by atoms with Crippen molar-refractivity contribution >= 4 is 23.1 Å². The number of amides is 1. The largest absolute Gasteiger partial charge is 0.507 e. The molecular weight excluding hydrogens is 438 g/mol. The second-order valence-electron chi connectivity index (χ2n) is 9.20. The second kappa shape index (κ2) is 9.41. The third kappa shape index (κ3) is 4.23. The summed E-state index contributed by atoms with van der Waals surface area (Å²) in [5, 5.41) is 11.4. The third-order valence-corrected chi connectivity index (χ3v) is 6.89. The number of rotatable bonds is 5. The molecule has 0 bridgehead atoms. The summed E-state index contributed by atoms with van der Waals surface area (Å²) >= 11 is 0. The van der Waals surface area contributed by atoms with Crippen LogP contribution in [0.15, 0.2) is 72.3 Å². The molecule has 1 aliphatic carbocycles. The second-order valence-corrected chi connectivity index (χ2v) is 9.20. The fourth-order valence-corrected chi connectivity index (χ4v) is 5.07. The van der Waals surface area contributed by atoms with E-state index in [-0.39, 0.29) is 11.3 Å². The first-order chi connectivity index (χ1) is 17.0. The number of nitrogens with zero attached hydrogens (tertiary/aromatic N) is 1. The summed E-state index contributed by atoms with van der Waals surface area (Å²) in [5.41, 5.74) is 5.56. The van der Waals surface area contributed by atoms with Gasteiger partial charge >= 0.3 is 0 Å². The Balaban J connectivity index is 1.66. The molecule has 1 heterocycles. The van der Waals surface area contributed by atoms with Gasteiger partial charge in [-0.2, -0.15) is 0 Å². The number of benzene rings is 3. The summed E-state index contributed by atoms with van der Waals surface area (Å²) in [6.07, 6.45) is 4.26. The van der Waals surface area contributed by atoms with E-state index in [2.05, 4.69) is 0 Å². The van der Waals surface area contributed by atoms with Crippen molar-refractivity contribution in [3.05, 3.63) is 100 Å². The Kier molecular flexibility index (Phi) is 6.16. The van der Waals surface area contributed by atoms with Crippen LogP contribution in [0, 0.1) is 6.92 Å². The number of ether oxygens (including phenoxy) is 1. The number of hydrogen-bond acceptors (Lipinski definition) is 4. The summed E-state index contributed by atoms with van der Waals surface area (Å²) in [5.74, 6) is -0.754. The van der Waals surface area contributed by atoms with E-state index in [0.29, 0.717) is 23.6 Å². The number of Topliss-reactive ketones (excluding diaryl/α,β-unsaturated/α-hetero) is 1. The zero-order valence-electron chi connectivity index (χ0n) is 20.1. The van der Waals surface area contributed by atoms with Crippen molar-refractivity contribution in [1.29, 1.82) is 0 Å². The first-order valence-electron chi connectivity index (χ1n) is 12.2. The molecule has 1 unspecified atom stereocenters. The van der Waals surface area contributed by atoms with Gasteiger partial charge in [0.25, 0.3) is 11.7 Å². The smallest absolute Gasteiger partial charge is 0.300 e. The van der Waals surface area contributed by atoms with Crippen LogP contribution in [0.5, 0.6) is 5.75 Å². The Bertz CT molecular complexity index is 1310. The molecule has 1 amide bonds. The first kappa shape index (κ1) is 22.9. The third-order valence-electron chi connectivity index (χ3n) is 6.89. The number of aliphatic hydroxyl groups is 1. The highest BCUT2D eigenvalue weighted by atomic mass is 16.5. The number of aliphatic hydroxyl groups excluding tert-OH is 1. The topological polar surface area (TPSA) is 66.8 Å². The van der Waals surface area contributed by atoms with Gasteiger partial charge in [-0.25, -0.2) is 0 Å². The van der Waals surface area contributed by atoms with Gasteiger partial charge in [0, 0.05) is 11.3 Å².